The molecule has 0 bridgehead atoms. The molecule has 0 aromatic heterocycles. The summed E-state index contributed by atoms with van der Waals surface area (Å²) in [4.78, 5) is 0. The van der Waals surface area contributed by atoms with Crippen LogP contribution in [0.4, 0.5) is 0 Å². The summed E-state index contributed by atoms with van der Waals surface area (Å²) in [5.41, 5.74) is 0. The molecule has 0 unspecified atom stereocenters. The van der Waals surface area contributed by atoms with Gasteiger partial charge in [0, 0.05) is 0 Å². The third-order valence-corrected chi connectivity index (χ3v) is 1.78. The largest absolute Gasteiger partial charge is 0.496 e. The Balaban J connectivity index is 2.97. The van der Waals surface area contributed by atoms with Crippen LogP contribution in [0.3, 0.4) is 0 Å². The molecule has 0 aromatic rings. The number of hydrogen-bond acceptors (Lipinski definition) is 7. The Hall–Kier alpha value is -0.860. The fourth-order valence-electron chi connectivity index (χ4n) is 0.981. The molecule has 114 valence electrons. The first-order valence-corrected chi connectivity index (χ1v) is 6.25. The van der Waals surface area contributed by atoms with Gasteiger partial charge in [-0.1, -0.05) is 0 Å². The van der Waals surface area contributed by atoms with E-state index in [9.17, 15) is 0 Å². The summed E-state index contributed by atoms with van der Waals surface area (Å²) in [6.07, 6.45) is 2.79. The third-order valence-electron chi connectivity index (χ3n) is 1.78. The highest BCUT2D eigenvalue weighted by Gasteiger charge is 1.91. The van der Waals surface area contributed by atoms with Crippen LogP contribution in [0, 0.1) is 0 Å². The normalized spacial score (nSPS) is 11.1. The lowest BCUT2D eigenvalue weighted by Gasteiger charge is -2.06. The van der Waals surface area contributed by atoms with Gasteiger partial charge in [0.2, 0.25) is 0 Å². The van der Waals surface area contributed by atoms with Gasteiger partial charge < -0.3 is 33.9 Å². The summed E-state index contributed by atoms with van der Waals surface area (Å²) in [5, 5.41) is 16.9. The Morgan fingerprint density at radius 2 is 0.947 bits per heavy atom. The number of aliphatic hydroxyl groups is 2. The molecule has 0 amide bonds. The van der Waals surface area contributed by atoms with Crippen LogP contribution in [0.2, 0.25) is 0 Å². The van der Waals surface area contributed by atoms with Gasteiger partial charge in [-0.3, -0.25) is 0 Å². The Kier molecular flexibility index (Phi) is 16.4. The standard InChI is InChI=1S/C12H24O7/c13-1-3-15-5-7-17-9-11-19-12-10-18-8-6-16-4-2-14/h5,7,13-14H,1-4,6,8-12H2/b7-5+. The van der Waals surface area contributed by atoms with Crippen molar-refractivity contribution in [2.24, 2.45) is 0 Å². The van der Waals surface area contributed by atoms with Gasteiger partial charge in [-0.25, -0.2) is 0 Å². The molecule has 7 nitrogen and oxygen atoms in total. The Morgan fingerprint density at radius 3 is 1.47 bits per heavy atom. The minimum Gasteiger partial charge on any atom is -0.496 e. The van der Waals surface area contributed by atoms with E-state index in [1.807, 2.05) is 0 Å². The maximum atomic E-state index is 8.45. The SMILES string of the molecule is OCCO/C=C/OCCOCCOCCOCCO. The van der Waals surface area contributed by atoms with Crippen molar-refractivity contribution in [3.8, 4) is 0 Å². The van der Waals surface area contributed by atoms with Crippen molar-refractivity contribution < 1.29 is 33.9 Å². The maximum Gasteiger partial charge on any atom is 0.117 e. The summed E-state index contributed by atoms with van der Waals surface area (Å²) < 4.78 is 25.4. The maximum absolute atomic E-state index is 8.45. The molecular weight excluding hydrogens is 256 g/mol. The van der Waals surface area contributed by atoms with Gasteiger partial charge in [-0.2, -0.15) is 0 Å². The highest BCUT2D eigenvalue weighted by molar-refractivity contribution is 4.60. The number of rotatable bonds is 15. The van der Waals surface area contributed by atoms with Crippen LogP contribution >= 0.6 is 0 Å². The minimum absolute atomic E-state index is 0.0154. The Bertz CT molecular complexity index is 187. The molecule has 0 atom stereocenters. The number of aliphatic hydroxyl groups excluding tert-OH is 2. The van der Waals surface area contributed by atoms with Crippen molar-refractivity contribution in [1.29, 1.82) is 0 Å². The van der Waals surface area contributed by atoms with E-state index in [-0.39, 0.29) is 19.8 Å². The van der Waals surface area contributed by atoms with Crippen molar-refractivity contribution in [1.82, 2.24) is 0 Å². The summed E-state index contributed by atoms with van der Waals surface area (Å²) >= 11 is 0. The van der Waals surface area contributed by atoms with Crippen LogP contribution in [-0.4, -0.2) is 76.3 Å². The summed E-state index contributed by atoms with van der Waals surface area (Å²) in [6.45, 7) is 3.47. The molecule has 0 saturated heterocycles. The first kappa shape index (κ1) is 18.1. The second kappa shape index (κ2) is 17.1. The van der Waals surface area contributed by atoms with Crippen LogP contribution in [-0.2, 0) is 23.7 Å². The van der Waals surface area contributed by atoms with Crippen LogP contribution in [0.15, 0.2) is 12.5 Å². The quantitative estimate of drug-likeness (QED) is 0.309. The fourth-order valence-corrected chi connectivity index (χ4v) is 0.981. The van der Waals surface area contributed by atoms with E-state index in [0.717, 1.165) is 0 Å². The van der Waals surface area contributed by atoms with Crippen molar-refractivity contribution >= 4 is 0 Å². The summed E-state index contributed by atoms with van der Waals surface area (Å²) in [7, 11) is 0. The minimum atomic E-state index is -0.0154. The first-order chi connectivity index (χ1) is 9.41. The zero-order chi connectivity index (χ0) is 14.0. The molecule has 0 saturated carbocycles. The number of ether oxygens (including phenoxy) is 5. The lowest BCUT2D eigenvalue weighted by Crippen LogP contribution is -2.12. The van der Waals surface area contributed by atoms with Gasteiger partial charge in [-0.05, 0) is 0 Å². The van der Waals surface area contributed by atoms with Crippen molar-refractivity contribution in [2.45, 2.75) is 0 Å². The van der Waals surface area contributed by atoms with Crippen LogP contribution < -0.4 is 0 Å². The predicted molar refractivity (Wildman–Crippen MR) is 67.7 cm³/mol. The highest BCUT2D eigenvalue weighted by Crippen LogP contribution is 1.84. The molecule has 0 heterocycles. The van der Waals surface area contributed by atoms with Crippen molar-refractivity contribution in [3.63, 3.8) is 0 Å². The van der Waals surface area contributed by atoms with Gasteiger partial charge in [0.05, 0.1) is 52.9 Å². The van der Waals surface area contributed by atoms with E-state index in [1.165, 1.54) is 12.5 Å². The van der Waals surface area contributed by atoms with E-state index in [2.05, 4.69) is 0 Å². The lowest BCUT2D eigenvalue weighted by molar-refractivity contribution is 0.00105. The second-order valence-corrected chi connectivity index (χ2v) is 3.30. The fraction of sp³-hybridized carbons (Fsp3) is 0.833. The van der Waals surface area contributed by atoms with E-state index in [1.54, 1.807) is 0 Å². The van der Waals surface area contributed by atoms with E-state index in [0.29, 0.717) is 46.2 Å². The van der Waals surface area contributed by atoms with E-state index >= 15 is 0 Å². The van der Waals surface area contributed by atoms with Crippen molar-refractivity contribution in [3.05, 3.63) is 12.5 Å². The first-order valence-electron chi connectivity index (χ1n) is 6.25. The molecule has 0 aromatic carbocycles. The molecule has 0 radical (unpaired) electrons. The average molecular weight is 280 g/mol. The van der Waals surface area contributed by atoms with Gasteiger partial charge in [-0.15, -0.1) is 0 Å². The van der Waals surface area contributed by atoms with Gasteiger partial charge in [0.15, 0.2) is 0 Å². The van der Waals surface area contributed by atoms with Gasteiger partial charge in [0.1, 0.15) is 25.7 Å². The van der Waals surface area contributed by atoms with E-state index in [4.69, 9.17) is 33.9 Å². The molecule has 0 spiro atoms. The molecule has 0 rings (SSSR count). The zero-order valence-electron chi connectivity index (χ0n) is 11.2. The van der Waals surface area contributed by atoms with Crippen LogP contribution in [0.25, 0.3) is 0 Å². The third kappa shape index (κ3) is 17.1. The molecule has 0 aliphatic heterocycles. The van der Waals surface area contributed by atoms with Gasteiger partial charge >= 0.3 is 0 Å². The molecule has 0 aliphatic rings. The topological polar surface area (TPSA) is 86.6 Å². The zero-order valence-corrected chi connectivity index (χ0v) is 11.2. The highest BCUT2D eigenvalue weighted by atomic mass is 16.6. The van der Waals surface area contributed by atoms with Gasteiger partial charge in [0.25, 0.3) is 0 Å². The molecule has 0 aliphatic carbocycles. The molecule has 19 heavy (non-hydrogen) atoms. The Labute approximate surface area is 113 Å². The number of hydrogen-bond donors (Lipinski definition) is 2. The van der Waals surface area contributed by atoms with E-state index < -0.39 is 0 Å². The molecule has 2 N–H and O–H groups in total. The molecule has 7 heteroatoms. The van der Waals surface area contributed by atoms with Crippen LogP contribution in [0.1, 0.15) is 0 Å². The van der Waals surface area contributed by atoms with Crippen molar-refractivity contribution in [2.75, 3.05) is 66.1 Å². The molecule has 0 fully saturated rings. The lowest BCUT2D eigenvalue weighted by atomic mass is 10.7. The average Bonchev–Trinajstić information content (AvgIpc) is 2.43. The predicted octanol–water partition coefficient (Wildman–Crippen LogP) is -0.475. The Morgan fingerprint density at radius 1 is 0.526 bits per heavy atom. The second-order valence-electron chi connectivity index (χ2n) is 3.30. The summed E-state index contributed by atoms with van der Waals surface area (Å²) in [6, 6.07) is 0. The monoisotopic (exact) mass is 280 g/mol. The van der Waals surface area contributed by atoms with Crippen LogP contribution in [0.5, 0.6) is 0 Å². The smallest absolute Gasteiger partial charge is 0.117 e. The molecular formula is C12H24O7. The summed E-state index contributed by atoms with van der Waals surface area (Å²) in [5.74, 6) is 0.